The van der Waals surface area contributed by atoms with Crippen molar-refractivity contribution in [2.75, 3.05) is 11.6 Å². The summed E-state index contributed by atoms with van der Waals surface area (Å²) in [5, 5.41) is 16.1. The van der Waals surface area contributed by atoms with Gasteiger partial charge in [-0.1, -0.05) is 12.1 Å². The zero-order valence-electron chi connectivity index (χ0n) is 14.7. The highest BCUT2D eigenvalue weighted by atomic mass is 16.5. The van der Waals surface area contributed by atoms with Crippen LogP contribution in [0.3, 0.4) is 0 Å². The lowest BCUT2D eigenvalue weighted by Crippen LogP contribution is -2.32. The quantitative estimate of drug-likeness (QED) is 0.361. The fraction of sp³-hybridized carbons (Fsp3) is 0.167. The molecule has 1 heterocycles. The van der Waals surface area contributed by atoms with Crippen LogP contribution in [0.4, 0.5) is 10.5 Å². The van der Waals surface area contributed by atoms with E-state index in [-0.39, 0.29) is 6.61 Å². The van der Waals surface area contributed by atoms with Crippen molar-refractivity contribution >= 4 is 23.9 Å². The van der Waals surface area contributed by atoms with E-state index < -0.39 is 12.0 Å². The Kier molecular flexibility index (Phi) is 6.84. The third kappa shape index (κ3) is 5.54. The highest BCUT2D eigenvalue weighted by molar-refractivity contribution is 6.29. The number of nitrogens with zero attached hydrogens (tertiary/aromatic N) is 4. The molecule has 1 N–H and O–H groups in total. The Morgan fingerprint density at radius 3 is 2.74 bits per heavy atom. The van der Waals surface area contributed by atoms with Crippen molar-refractivity contribution in [1.29, 1.82) is 5.26 Å². The average molecular weight is 367 g/mol. The molecule has 27 heavy (non-hydrogen) atoms. The summed E-state index contributed by atoms with van der Waals surface area (Å²) in [6.45, 7) is 3.55. The van der Waals surface area contributed by atoms with Crippen molar-refractivity contribution < 1.29 is 19.1 Å². The number of carbonyl (C=O) groups excluding carboxylic acids is 2. The van der Waals surface area contributed by atoms with E-state index in [2.05, 4.69) is 14.8 Å². The molecule has 2 aromatic rings. The minimum absolute atomic E-state index is 0.125. The number of anilines is 1. The Morgan fingerprint density at radius 1 is 1.33 bits per heavy atom. The maximum atomic E-state index is 11.7. The third-order valence-corrected chi connectivity index (χ3v) is 3.17. The van der Waals surface area contributed by atoms with Crippen LogP contribution < -0.4 is 15.1 Å². The maximum absolute atomic E-state index is 11.7. The van der Waals surface area contributed by atoms with Crippen LogP contribution in [0.1, 0.15) is 12.5 Å². The van der Waals surface area contributed by atoms with Gasteiger partial charge in [0.05, 0.1) is 6.61 Å². The highest BCUT2D eigenvalue weighted by Crippen LogP contribution is 2.35. The number of para-hydroxylation sites is 1. The molecule has 0 unspecified atom stereocenters. The van der Waals surface area contributed by atoms with Crippen LogP contribution in [0.25, 0.3) is 0 Å². The topological polar surface area (TPSA) is 117 Å². The number of aromatic nitrogens is 1. The van der Waals surface area contributed by atoms with Crippen molar-refractivity contribution in [3.8, 4) is 17.7 Å². The van der Waals surface area contributed by atoms with E-state index in [1.807, 2.05) is 24.5 Å². The van der Waals surface area contributed by atoms with Gasteiger partial charge in [0.25, 0.3) is 5.91 Å². The molecule has 2 rings (SSSR count). The van der Waals surface area contributed by atoms with Crippen LogP contribution in [-0.2, 0) is 9.53 Å². The molecule has 0 aliphatic heterocycles. The molecule has 0 atom stereocenters. The van der Waals surface area contributed by atoms with Crippen LogP contribution in [0.2, 0.25) is 0 Å². The third-order valence-electron chi connectivity index (χ3n) is 3.17. The molecule has 0 aliphatic rings. The smallest absolute Gasteiger partial charge is 0.414 e. The number of benzene rings is 1. The van der Waals surface area contributed by atoms with E-state index in [9.17, 15) is 14.9 Å². The van der Waals surface area contributed by atoms with Gasteiger partial charge in [0.2, 0.25) is 6.19 Å². The Bertz CT molecular complexity index is 877. The number of amides is 2. The Labute approximate surface area is 155 Å². The lowest BCUT2D eigenvalue weighted by molar-refractivity contribution is -0.113. The van der Waals surface area contributed by atoms with Crippen molar-refractivity contribution in [1.82, 2.24) is 10.3 Å². The number of carbonyl (C=O) groups is 2. The summed E-state index contributed by atoms with van der Waals surface area (Å²) in [7, 11) is 0. The molecule has 0 aliphatic carbocycles. The van der Waals surface area contributed by atoms with E-state index >= 15 is 0 Å². The van der Waals surface area contributed by atoms with Gasteiger partial charge in [-0.15, -0.1) is 0 Å². The Hall–Kier alpha value is -3.93. The van der Waals surface area contributed by atoms with E-state index in [1.54, 1.807) is 43.6 Å². The first kappa shape index (κ1) is 19.4. The SMILES string of the molecule is CCOC(=O)NC(=O)C=NN(C#N)c1cccc(C)c1Oc1ccncc1. The first-order chi connectivity index (χ1) is 13.0. The molecule has 138 valence electrons. The molecular formula is C18H17N5O4. The van der Waals surface area contributed by atoms with Gasteiger partial charge in [-0.05, 0) is 37.6 Å². The van der Waals surface area contributed by atoms with Crippen LogP contribution in [0.5, 0.6) is 11.5 Å². The lowest BCUT2D eigenvalue weighted by Gasteiger charge is -2.16. The van der Waals surface area contributed by atoms with Crippen molar-refractivity contribution in [2.45, 2.75) is 13.8 Å². The van der Waals surface area contributed by atoms with E-state index in [0.29, 0.717) is 17.2 Å². The van der Waals surface area contributed by atoms with Crippen molar-refractivity contribution in [3.05, 3.63) is 48.3 Å². The number of aryl methyl sites for hydroxylation is 1. The monoisotopic (exact) mass is 367 g/mol. The fourth-order valence-electron chi connectivity index (χ4n) is 2.01. The van der Waals surface area contributed by atoms with E-state index in [4.69, 9.17) is 4.74 Å². The first-order valence-electron chi connectivity index (χ1n) is 7.94. The number of ether oxygens (including phenoxy) is 2. The highest BCUT2D eigenvalue weighted by Gasteiger charge is 2.15. The molecule has 0 fully saturated rings. The van der Waals surface area contributed by atoms with Gasteiger partial charge in [-0.2, -0.15) is 15.4 Å². The van der Waals surface area contributed by atoms with Crippen LogP contribution in [0, 0.1) is 18.4 Å². The number of hydrogen-bond donors (Lipinski definition) is 1. The van der Waals surface area contributed by atoms with Crippen LogP contribution in [-0.4, -0.2) is 29.8 Å². The van der Waals surface area contributed by atoms with Gasteiger partial charge in [0.1, 0.15) is 17.7 Å². The van der Waals surface area contributed by atoms with Crippen LogP contribution in [0.15, 0.2) is 47.8 Å². The molecule has 0 saturated heterocycles. The second kappa shape index (κ2) is 9.53. The normalized spacial score (nSPS) is 10.1. The number of imide groups is 1. The van der Waals surface area contributed by atoms with Gasteiger partial charge in [0.15, 0.2) is 5.75 Å². The zero-order chi connectivity index (χ0) is 19.6. The second-order valence-corrected chi connectivity index (χ2v) is 5.07. The summed E-state index contributed by atoms with van der Waals surface area (Å²) >= 11 is 0. The number of alkyl carbamates (subject to hydrolysis) is 1. The molecule has 2 amide bonds. The molecule has 1 aromatic carbocycles. The number of nitrogens with one attached hydrogen (secondary N) is 1. The van der Waals surface area contributed by atoms with Gasteiger partial charge >= 0.3 is 6.09 Å². The number of hydrazone groups is 1. The Balaban J connectivity index is 2.23. The van der Waals surface area contributed by atoms with Gasteiger partial charge in [-0.3, -0.25) is 15.1 Å². The predicted molar refractivity (Wildman–Crippen MR) is 97.2 cm³/mol. The van der Waals surface area contributed by atoms with Crippen molar-refractivity contribution in [2.24, 2.45) is 5.10 Å². The molecular weight excluding hydrogens is 350 g/mol. The van der Waals surface area contributed by atoms with Crippen LogP contribution >= 0.6 is 0 Å². The standard InChI is InChI=1S/C18H17N5O4/c1-3-26-18(25)22-16(24)11-21-23(12-19)15-6-4-5-13(2)17(15)27-14-7-9-20-10-8-14/h4-11H,3H2,1-2H3,(H,22,24,25). The molecule has 0 radical (unpaired) electrons. The number of rotatable bonds is 6. The largest absolute Gasteiger partial charge is 0.455 e. The molecule has 9 heteroatoms. The average Bonchev–Trinajstić information content (AvgIpc) is 2.65. The van der Waals surface area contributed by atoms with Crippen molar-refractivity contribution in [3.63, 3.8) is 0 Å². The Morgan fingerprint density at radius 2 is 2.07 bits per heavy atom. The van der Waals surface area contributed by atoms with Gasteiger partial charge in [0, 0.05) is 12.4 Å². The fourth-order valence-corrected chi connectivity index (χ4v) is 2.01. The zero-order valence-corrected chi connectivity index (χ0v) is 14.7. The predicted octanol–water partition coefficient (Wildman–Crippen LogP) is 2.73. The molecule has 0 spiro atoms. The van der Waals surface area contributed by atoms with Gasteiger partial charge < -0.3 is 9.47 Å². The maximum Gasteiger partial charge on any atom is 0.414 e. The summed E-state index contributed by atoms with van der Waals surface area (Å²) in [5.41, 5.74) is 1.09. The van der Waals surface area contributed by atoms with Gasteiger partial charge in [-0.25, -0.2) is 4.79 Å². The minimum atomic E-state index is -0.894. The van der Waals surface area contributed by atoms with E-state index in [1.165, 1.54) is 0 Å². The second-order valence-electron chi connectivity index (χ2n) is 5.07. The number of hydrogen-bond acceptors (Lipinski definition) is 8. The number of pyridine rings is 1. The summed E-state index contributed by atoms with van der Waals surface area (Å²) in [6.07, 6.45) is 4.92. The summed E-state index contributed by atoms with van der Waals surface area (Å²) in [4.78, 5) is 26.8. The minimum Gasteiger partial charge on any atom is -0.455 e. The molecule has 9 nitrogen and oxygen atoms in total. The molecule has 0 bridgehead atoms. The molecule has 0 saturated carbocycles. The summed E-state index contributed by atoms with van der Waals surface area (Å²) < 4.78 is 10.4. The summed E-state index contributed by atoms with van der Waals surface area (Å²) in [6, 6.07) is 8.49. The first-order valence-corrected chi connectivity index (χ1v) is 7.94. The van der Waals surface area contributed by atoms with E-state index in [0.717, 1.165) is 16.8 Å². The summed E-state index contributed by atoms with van der Waals surface area (Å²) in [5.74, 6) is 0.105. The molecule has 1 aromatic heterocycles. The lowest BCUT2D eigenvalue weighted by atomic mass is 10.2. The number of nitriles is 1.